The van der Waals surface area contributed by atoms with E-state index in [-0.39, 0.29) is 5.54 Å². The molecule has 0 bridgehead atoms. The molecule has 0 spiro atoms. The molecule has 0 radical (unpaired) electrons. The van der Waals surface area contributed by atoms with Crippen molar-refractivity contribution in [1.82, 2.24) is 4.90 Å². The van der Waals surface area contributed by atoms with Gasteiger partial charge in [-0.15, -0.1) is 0 Å². The monoisotopic (exact) mass is 155 g/mol. The van der Waals surface area contributed by atoms with E-state index in [1.165, 1.54) is 0 Å². The third-order valence-electron chi connectivity index (χ3n) is 1.98. The fourth-order valence-electron chi connectivity index (χ4n) is 1.21. The first kappa shape index (κ1) is 8.60. The van der Waals surface area contributed by atoms with Crippen molar-refractivity contribution in [2.45, 2.75) is 26.3 Å². The molecule has 0 amide bonds. The molecule has 0 aromatic rings. The zero-order valence-electron chi connectivity index (χ0n) is 7.68. The summed E-state index contributed by atoms with van der Waals surface area (Å²) in [6.07, 6.45) is 0. The summed E-state index contributed by atoms with van der Waals surface area (Å²) in [5.74, 6) is 0.895. The fourth-order valence-corrected chi connectivity index (χ4v) is 1.21. The first-order valence-electron chi connectivity index (χ1n) is 4.06. The van der Waals surface area contributed by atoms with Gasteiger partial charge in [0.25, 0.3) is 0 Å². The first-order valence-corrected chi connectivity index (χ1v) is 4.06. The number of nitrogens with zero attached hydrogens (tertiary/aromatic N) is 1. The molecule has 11 heavy (non-hydrogen) atoms. The van der Waals surface area contributed by atoms with Crippen molar-refractivity contribution in [3.05, 3.63) is 12.3 Å². The highest BCUT2D eigenvalue weighted by Crippen LogP contribution is 2.17. The van der Waals surface area contributed by atoms with E-state index in [9.17, 15) is 0 Å². The number of rotatable bonds is 0. The molecule has 0 atom stereocenters. The molecule has 0 aromatic heterocycles. The largest absolute Gasteiger partial charge is 0.496 e. The minimum absolute atomic E-state index is 0.243. The lowest BCUT2D eigenvalue weighted by Crippen LogP contribution is -2.47. The van der Waals surface area contributed by atoms with Crippen LogP contribution >= 0.6 is 0 Å². The standard InChI is InChI=1S/C9H17NO/c1-8-7-10(5-6-11-8)9(2,3)4/h1,5-7H2,2-4H3. The Balaban J connectivity index is 2.53. The van der Waals surface area contributed by atoms with Crippen molar-refractivity contribution < 1.29 is 4.74 Å². The highest BCUT2D eigenvalue weighted by molar-refractivity contribution is 4.94. The molecule has 1 rings (SSSR count). The SMILES string of the molecule is C=C1CN(C(C)(C)C)CCO1. The van der Waals surface area contributed by atoms with E-state index in [0.717, 1.165) is 25.5 Å². The molecule has 1 heterocycles. The molecule has 0 unspecified atom stereocenters. The average molecular weight is 155 g/mol. The van der Waals surface area contributed by atoms with Crippen LogP contribution in [0, 0.1) is 0 Å². The van der Waals surface area contributed by atoms with E-state index in [4.69, 9.17) is 4.74 Å². The van der Waals surface area contributed by atoms with Gasteiger partial charge >= 0.3 is 0 Å². The van der Waals surface area contributed by atoms with Gasteiger partial charge in [-0.1, -0.05) is 6.58 Å². The van der Waals surface area contributed by atoms with Crippen LogP contribution in [0.15, 0.2) is 12.3 Å². The van der Waals surface area contributed by atoms with E-state index in [1.54, 1.807) is 0 Å². The number of ether oxygens (including phenoxy) is 1. The maximum atomic E-state index is 5.27. The highest BCUT2D eigenvalue weighted by atomic mass is 16.5. The Labute approximate surface area is 68.8 Å². The van der Waals surface area contributed by atoms with Gasteiger partial charge in [0.05, 0.1) is 6.54 Å². The van der Waals surface area contributed by atoms with Gasteiger partial charge in [0, 0.05) is 12.1 Å². The van der Waals surface area contributed by atoms with Crippen LogP contribution in [0.4, 0.5) is 0 Å². The zero-order valence-corrected chi connectivity index (χ0v) is 7.68. The molecule has 1 saturated heterocycles. The van der Waals surface area contributed by atoms with Gasteiger partial charge in [-0.3, -0.25) is 4.90 Å². The molecule has 1 aliphatic heterocycles. The fraction of sp³-hybridized carbons (Fsp3) is 0.778. The van der Waals surface area contributed by atoms with Crippen LogP contribution in [0.5, 0.6) is 0 Å². The van der Waals surface area contributed by atoms with Crippen LogP contribution in [-0.4, -0.2) is 30.1 Å². The third-order valence-corrected chi connectivity index (χ3v) is 1.98. The number of hydrogen-bond acceptors (Lipinski definition) is 2. The summed E-state index contributed by atoms with van der Waals surface area (Å²) in [6.45, 7) is 13.1. The maximum Gasteiger partial charge on any atom is 0.103 e. The predicted molar refractivity (Wildman–Crippen MR) is 46.4 cm³/mol. The molecule has 2 nitrogen and oxygen atoms in total. The molecule has 0 saturated carbocycles. The molecule has 1 fully saturated rings. The van der Waals surface area contributed by atoms with Crippen LogP contribution in [-0.2, 0) is 4.74 Å². The van der Waals surface area contributed by atoms with Crippen molar-refractivity contribution in [2.75, 3.05) is 19.7 Å². The molecule has 1 aliphatic rings. The summed E-state index contributed by atoms with van der Waals surface area (Å²) in [5.41, 5.74) is 0.243. The molecule has 0 aliphatic carbocycles. The third kappa shape index (κ3) is 2.22. The van der Waals surface area contributed by atoms with Crippen molar-refractivity contribution in [3.8, 4) is 0 Å². The Bertz CT molecular complexity index is 157. The lowest BCUT2D eigenvalue weighted by Gasteiger charge is -2.38. The lowest BCUT2D eigenvalue weighted by molar-refractivity contribution is 0.0401. The highest BCUT2D eigenvalue weighted by Gasteiger charge is 2.24. The van der Waals surface area contributed by atoms with E-state index in [0.29, 0.717) is 0 Å². The Morgan fingerprint density at radius 1 is 1.45 bits per heavy atom. The molecular formula is C9H17NO. The number of morpholine rings is 1. The Hall–Kier alpha value is -0.500. The molecule has 2 heteroatoms. The Morgan fingerprint density at radius 2 is 2.09 bits per heavy atom. The minimum Gasteiger partial charge on any atom is -0.496 e. The summed E-state index contributed by atoms with van der Waals surface area (Å²) in [7, 11) is 0. The van der Waals surface area contributed by atoms with Crippen molar-refractivity contribution in [1.29, 1.82) is 0 Å². The van der Waals surface area contributed by atoms with Crippen LogP contribution in [0.1, 0.15) is 20.8 Å². The van der Waals surface area contributed by atoms with Crippen molar-refractivity contribution in [2.24, 2.45) is 0 Å². The van der Waals surface area contributed by atoms with Gasteiger partial charge in [-0.2, -0.15) is 0 Å². The van der Waals surface area contributed by atoms with Crippen molar-refractivity contribution >= 4 is 0 Å². The van der Waals surface area contributed by atoms with Crippen LogP contribution in [0.3, 0.4) is 0 Å². The lowest BCUT2D eigenvalue weighted by atomic mass is 10.1. The predicted octanol–water partition coefficient (Wildman–Crippen LogP) is 1.63. The summed E-state index contributed by atoms with van der Waals surface area (Å²) in [5, 5.41) is 0. The second-order valence-corrected chi connectivity index (χ2v) is 3.98. The Morgan fingerprint density at radius 3 is 2.45 bits per heavy atom. The maximum absolute atomic E-state index is 5.27. The van der Waals surface area contributed by atoms with Gasteiger partial charge < -0.3 is 4.74 Å². The molecular weight excluding hydrogens is 138 g/mol. The smallest absolute Gasteiger partial charge is 0.103 e. The topological polar surface area (TPSA) is 12.5 Å². The first-order chi connectivity index (χ1) is 5.00. The summed E-state index contributed by atoms with van der Waals surface area (Å²) >= 11 is 0. The van der Waals surface area contributed by atoms with E-state index in [2.05, 4.69) is 32.3 Å². The van der Waals surface area contributed by atoms with Crippen LogP contribution in [0.25, 0.3) is 0 Å². The van der Waals surface area contributed by atoms with Crippen molar-refractivity contribution in [3.63, 3.8) is 0 Å². The van der Waals surface area contributed by atoms with E-state index in [1.807, 2.05) is 0 Å². The van der Waals surface area contributed by atoms with E-state index >= 15 is 0 Å². The van der Waals surface area contributed by atoms with Gasteiger partial charge in [0.1, 0.15) is 12.4 Å². The zero-order chi connectivity index (χ0) is 8.48. The summed E-state index contributed by atoms with van der Waals surface area (Å²) < 4.78 is 5.27. The summed E-state index contributed by atoms with van der Waals surface area (Å²) in [6, 6.07) is 0. The van der Waals surface area contributed by atoms with Crippen LogP contribution in [0.2, 0.25) is 0 Å². The van der Waals surface area contributed by atoms with E-state index < -0.39 is 0 Å². The summed E-state index contributed by atoms with van der Waals surface area (Å²) in [4.78, 5) is 2.37. The Kier molecular flexibility index (Phi) is 2.23. The van der Waals surface area contributed by atoms with Gasteiger partial charge in [-0.25, -0.2) is 0 Å². The van der Waals surface area contributed by atoms with Gasteiger partial charge in [0.2, 0.25) is 0 Å². The molecule has 64 valence electrons. The molecule has 0 aromatic carbocycles. The molecule has 0 N–H and O–H groups in total. The normalized spacial score (nSPS) is 21.5. The van der Waals surface area contributed by atoms with Gasteiger partial charge in [-0.05, 0) is 20.8 Å². The quantitative estimate of drug-likeness (QED) is 0.527. The minimum atomic E-state index is 0.243. The number of hydrogen-bond donors (Lipinski definition) is 0. The second-order valence-electron chi connectivity index (χ2n) is 3.98. The average Bonchev–Trinajstić information content (AvgIpc) is 1.86. The second kappa shape index (κ2) is 2.86. The van der Waals surface area contributed by atoms with Gasteiger partial charge in [0.15, 0.2) is 0 Å². The van der Waals surface area contributed by atoms with Crippen LogP contribution < -0.4 is 0 Å².